The number of esters is 1. The maximum absolute atomic E-state index is 13.3. The van der Waals surface area contributed by atoms with Crippen molar-refractivity contribution in [1.82, 2.24) is 4.90 Å². The molecule has 0 unspecified atom stereocenters. The van der Waals surface area contributed by atoms with Crippen LogP contribution in [0.25, 0.3) is 0 Å². The summed E-state index contributed by atoms with van der Waals surface area (Å²) in [5.41, 5.74) is 1.29. The molecule has 2 aromatic rings. The number of ether oxygens (including phenoxy) is 1. The lowest BCUT2D eigenvalue weighted by molar-refractivity contribution is -0.160. The molecule has 0 spiro atoms. The van der Waals surface area contributed by atoms with Crippen LogP contribution < -0.4 is 5.32 Å². The zero-order valence-electron chi connectivity index (χ0n) is 18.2. The number of fused-ring (bicyclic) bond motifs is 5. The van der Waals surface area contributed by atoms with Crippen molar-refractivity contribution < 1.29 is 23.9 Å². The van der Waals surface area contributed by atoms with Gasteiger partial charge in [0.15, 0.2) is 6.61 Å². The maximum atomic E-state index is 13.3. The number of nitrogens with one attached hydrogen (secondary N) is 1. The summed E-state index contributed by atoms with van der Waals surface area (Å²) in [6.45, 7) is -0.539. The van der Waals surface area contributed by atoms with Gasteiger partial charge in [-0.3, -0.25) is 19.3 Å². The van der Waals surface area contributed by atoms with Crippen LogP contribution in [0.15, 0.2) is 66.7 Å². The summed E-state index contributed by atoms with van der Waals surface area (Å²) in [7, 11) is 0. The number of carbonyl (C=O) groups is 4. The smallest absolute Gasteiger partial charge is 0.330 e. The van der Waals surface area contributed by atoms with E-state index in [0.29, 0.717) is 10.7 Å². The van der Waals surface area contributed by atoms with Gasteiger partial charge in [-0.1, -0.05) is 54.1 Å². The van der Waals surface area contributed by atoms with Crippen molar-refractivity contribution in [3.05, 3.63) is 77.3 Å². The zero-order chi connectivity index (χ0) is 23.8. The lowest BCUT2D eigenvalue weighted by Crippen LogP contribution is -2.48. The van der Waals surface area contributed by atoms with Gasteiger partial charge in [-0.05, 0) is 48.1 Å². The monoisotopic (exact) mass is 478 g/mol. The lowest BCUT2D eigenvalue weighted by atomic mass is 9.85. The highest BCUT2D eigenvalue weighted by Gasteiger charge is 2.61. The normalized spacial score (nSPS) is 25.4. The summed E-state index contributed by atoms with van der Waals surface area (Å²) in [5.74, 6) is -2.72. The number of hydrogen-bond acceptors (Lipinski definition) is 5. The fourth-order valence-corrected chi connectivity index (χ4v) is 5.44. The van der Waals surface area contributed by atoms with Gasteiger partial charge in [0.25, 0.3) is 5.91 Å². The zero-order valence-corrected chi connectivity index (χ0v) is 19.0. The molecule has 2 bridgehead atoms. The minimum atomic E-state index is -1.13. The number of carbonyl (C=O) groups excluding carboxylic acids is 4. The molecule has 0 radical (unpaired) electrons. The van der Waals surface area contributed by atoms with Crippen LogP contribution in [0.3, 0.4) is 0 Å². The Kier molecular flexibility index (Phi) is 5.96. The topological polar surface area (TPSA) is 92.8 Å². The summed E-state index contributed by atoms with van der Waals surface area (Å²) in [6, 6.07) is 14.5. The van der Waals surface area contributed by atoms with Gasteiger partial charge < -0.3 is 10.1 Å². The van der Waals surface area contributed by atoms with Gasteiger partial charge in [0, 0.05) is 17.1 Å². The molecule has 8 heteroatoms. The third-order valence-electron chi connectivity index (χ3n) is 6.83. The minimum Gasteiger partial charge on any atom is -0.454 e. The van der Waals surface area contributed by atoms with Crippen LogP contribution in [0.4, 0.5) is 5.69 Å². The Morgan fingerprint density at radius 2 is 1.59 bits per heavy atom. The van der Waals surface area contributed by atoms with Gasteiger partial charge in [0.2, 0.25) is 11.8 Å². The van der Waals surface area contributed by atoms with Crippen LogP contribution in [-0.4, -0.2) is 41.2 Å². The number of imide groups is 1. The van der Waals surface area contributed by atoms with Crippen molar-refractivity contribution in [2.45, 2.75) is 18.9 Å². The van der Waals surface area contributed by atoms with E-state index in [9.17, 15) is 19.2 Å². The van der Waals surface area contributed by atoms with E-state index in [2.05, 4.69) is 5.32 Å². The maximum Gasteiger partial charge on any atom is 0.330 e. The molecule has 0 aromatic heterocycles. The van der Waals surface area contributed by atoms with Gasteiger partial charge in [0.1, 0.15) is 6.04 Å². The largest absolute Gasteiger partial charge is 0.454 e. The molecule has 2 aromatic carbocycles. The van der Waals surface area contributed by atoms with Crippen molar-refractivity contribution in [2.75, 3.05) is 11.9 Å². The van der Waals surface area contributed by atoms with Crippen LogP contribution in [0.2, 0.25) is 5.02 Å². The average Bonchev–Trinajstić information content (AvgIpc) is 3.52. The molecule has 1 N–H and O–H groups in total. The van der Waals surface area contributed by atoms with E-state index in [1.54, 1.807) is 24.3 Å². The Hall–Kier alpha value is -3.45. The molecule has 1 aliphatic heterocycles. The van der Waals surface area contributed by atoms with Gasteiger partial charge in [-0.25, -0.2) is 4.79 Å². The van der Waals surface area contributed by atoms with Crippen LogP contribution in [0, 0.1) is 23.7 Å². The first-order valence-corrected chi connectivity index (χ1v) is 11.6. The van der Waals surface area contributed by atoms with Crippen molar-refractivity contribution in [3.63, 3.8) is 0 Å². The number of anilines is 1. The number of benzene rings is 2. The van der Waals surface area contributed by atoms with E-state index in [4.69, 9.17) is 16.3 Å². The number of rotatable bonds is 7. The summed E-state index contributed by atoms with van der Waals surface area (Å²) >= 11 is 5.85. The predicted octanol–water partition coefficient (Wildman–Crippen LogP) is 3.24. The van der Waals surface area contributed by atoms with Gasteiger partial charge in [-0.15, -0.1) is 0 Å². The molecular weight excluding hydrogens is 456 g/mol. The Labute approximate surface area is 201 Å². The van der Waals surface area contributed by atoms with Gasteiger partial charge >= 0.3 is 5.97 Å². The molecular formula is C26H23ClN2O5. The fraction of sp³-hybridized carbons (Fsp3) is 0.308. The standard InChI is InChI=1S/C26H23ClN2O5/c27-18-8-10-19(11-9-18)28-21(30)14-34-26(33)20(12-15-4-2-1-3-5-15)29-24(31)22-16-6-7-17(13-16)23(22)25(29)32/h1-11,16-17,20,22-23H,12-14H2,(H,28,30)/t16-,17-,20-,22+,23+/m0/s1. The number of likely N-dealkylation sites (tertiary alicyclic amines) is 1. The van der Waals surface area contributed by atoms with Crippen LogP contribution in [0.5, 0.6) is 0 Å². The Bertz CT molecular complexity index is 1130. The quantitative estimate of drug-likeness (QED) is 0.374. The molecule has 5 atom stereocenters. The first-order chi connectivity index (χ1) is 16.4. The van der Waals surface area contributed by atoms with Crippen LogP contribution in [-0.2, 0) is 30.3 Å². The fourth-order valence-electron chi connectivity index (χ4n) is 5.31. The second kappa shape index (κ2) is 9.06. The third kappa shape index (κ3) is 4.12. The minimum absolute atomic E-state index is 0.0370. The van der Waals surface area contributed by atoms with Crippen molar-refractivity contribution >= 4 is 41.0 Å². The van der Waals surface area contributed by atoms with E-state index < -0.39 is 36.4 Å². The summed E-state index contributed by atoms with van der Waals surface area (Å²) in [6.07, 6.45) is 4.94. The van der Waals surface area contributed by atoms with Crippen LogP contribution >= 0.6 is 11.6 Å². The highest BCUT2D eigenvalue weighted by Crippen LogP contribution is 2.53. The van der Waals surface area contributed by atoms with Crippen LogP contribution in [0.1, 0.15) is 12.0 Å². The number of amides is 3. The summed E-state index contributed by atoms with van der Waals surface area (Å²) in [4.78, 5) is 53.2. The highest BCUT2D eigenvalue weighted by atomic mass is 35.5. The number of nitrogens with zero attached hydrogens (tertiary/aromatic N) is 1. The molecule has 1 saturated carbocycles. The molecule has 3 aliphatic rings. The summed E-state index contributed by atoms with van der Waals surface area (Å²) in [5, 5.41) is 3.15. The van der Waals surface area contributed by atoms with Crippen molar-refractivity contribution in [1.29, 1.82) is 0 Å². The van der Waals surface area contributed by atoms with E-state index in [0.717, 1.165) is 16.9 Å². The first kappa shape index (κ1) is 22.3. The molecule has 2 fully saturated rings. The predicted molar refractivity (Wildman–Crippen MR) is 125 cm³/mol. The average molecular weight is 479 g/mol. The molecule has 1 heterocycles. The molecule has 2 aliphatic carbocycles. The van der Waals surface area contributed by atoms with E-state index in [1.807, 2.05) is 42.5 Å². The van der Waals surface area contributed by atoms with E-state index in [1.165, 1.54) is 0 Å². The van der Waals surface area contributed by atoms with E-state index in [-0.39, 0.29) is 30.1 Å². The molecule has 7 nitrogen and oxygen atoms in total. The second-order valence-corrected chi connectivity index (χ2v) is 9.35. The van der Waals surface area contributed by atoms with Gasteiger partial charge in [-0.2, -0.15) is 0 Å². The second-order valence-electron chi connectivity index (χ2n) is 8.91. The Balaban J connectivity index is 1.31. The van der Waals surface area contributed by atoms with E-state index >= 15 is 0 Å². The third-order valence-corrected chi connectivity index (χ3v) is 7.09. The molecule has 5 rings (SSSR count). The highest BCUT2D eigenvalue weighted by molar-refractivity contribution is 6.30. The Morgan fingerprint density at radius 3 is 2.21 bits per heavy atom. The lowest BCUT2D eigenvalue weighted by Gasteiger charge is -2.26. The molecule has 1 saturated heterocycles. The summed E-state index contributed by atoms with van der Waals surface area (Å²) < 4.78 is 5.30. The Morgan fingerprint density at radius 1 is 0.971 bits per heavy atom. The first-order valence-electron chi connectivity index (χ1n) is 11.2. The van der Waals surface area contributed by atoms with Gasteiger partial charge in [0.05, 0.1) is 11.8 Å². The number of halogens is 1. The SMILES string of the molecule is O=C(COC(=O)[C@H](Cc1ccccc1)N1C(=O)[C@H]2[C@H](C1=O)[C@H]1C=C[C@H]2C1)Nc1ccc(Cl)cc1. The van der Waals surface area contributed by atoms with Crippen molar-refractivity contribution in [2.24, 2.45) is 23.7 Å². The van der Waals surface area contributed by atoms with Crippen molar-refractivity contribution in [3.8, 4) is 0 Å². The number of allylic oxidation sites excluding steroid dienone is 2. The number of hydrogen-bond donors (Lipinski definition) is 1. The molecule has 174 valence electrons. The molecule has 34 heavy (non-hydrogen) atoms. The molecule has 3 amide bonds.